The number of rotatable bonds is 7. The topological polar surface area (TPSA) is 64.6 Å². The number of hydrogen-bond acceptors (Lipinski definition) is 4. The minimum atomic E-state index is -0.587. The van der Waals surface area contributed by atoms with Crippen LogP contribution in [0.15, 0.2) is 48.5 Å². The molecule has 0 atom stereocenters. The van der Waals surface area contributed by atoms with Crippen LogP contribution in [0, 0.1) is 0 Å². The lowest BCUT2D eigenvalue weighted by molar-refractivity contribution is -0.119. The monoisotopic (exact) mass is 327 g/mol. The van der Waals surface area contributed by atoms with Gasteiger partial charge in [0.2, 0.25) is 0 Å². The molecular weight excluding hydrogens is 306 g/mol. The number of nitrogens with one attached hydrogen (secondary N) is 1. The van der Waals surface area contributed by atoms with Gasteiger partial charge in [-0.15, -0.1) is 0 Å². The van der Waals surface area contributed by atoms with Crippen molar-refractivity contribution in [2.24, 2.45) is 0 Å². The molecule has 0 unspecified atom stereocenters. The van der Waals surface area contributed by atoms with Crippen LogP contribution in [-0.4, -0.2) is 25.1 Å². The Bertz CT molecular complexity index is 712. The lowest BCUT2D eigenvalue weighted by atomic mass is 10.1. The zero-order valence-electron chi connectivity index (χ0n) is 13.9. The maximum atomic E-state index is 12.1. The molecule has 24 heavy (non-hydrogen) atoms. The van der Waals surface area contributed by atoms with Crippen LogP contribution in [0.1, 0.15) is 29.8 Å². The highest BCUT2D eigenvalue weighted by molar-refractivity contribution is 5.96. The number of carbonyl (C=O) groups is 2. The summed E-state index contributed by atoms with van der Waals surface area (Å²) in [7, 11) is 0. The number of ether oxygens (including phenoxy) is 2. The molecule has 0 aliphatic carbocycles. The lowest BCUT2D eigenvalue weighted by Crippen LogP contribution is -2.21. The molecule has 2 aromatic rings. The highest BCUT2D eigenvalue weighted by Gasteiger charge is 2.15. The molecule has 0 aliphatic heterocycles. The second-order valence-electron chi connectivity index (χ2n) is 5.11. The van der Waals surface area contributed by atoms with E-state index in [0.29, 0.717) is 23.6 Å². The number of esters is 1. The van der Waals surface area contributed by atoms with Gasteiger partial charge in [-0.1, -0.05) is 31.2 Å². The summed E-state index contributed by atoms with van der Waals surface area (Å²) in [5.74, 6) is -0.525. The van der Waals surface area contributed by atoms with Gasteiger partial charge >= 0.3 is 5.97 Å². The number of benzene rings is 2. The van der Waals surface area contributed by atoms with Crippen LogP contribution in [0.25, 0.3) is 0 Å². The van der Waals surface area contributed by atoms with Gasteiger partial charge in [0, 0.05) is 5.69 Å². The minimum absolute atomic E-state index is 0.306. The molecule has 5 heteroatoms. The second kappa shape index (κ2) is 8.72. The van der Waals surface area contributed by atoms with E-state index in [1.807, 2.05) is 32.0 Å². The largest absolute Gasteiger partial charge is 0.493 e. The Morgan fingerprint density at radius 3 is 2.58 bits per heavy atom. The lowest BCUT2D eigenvalue weighted by Gasteiger charge is -2.10. The molecule has 2 rings (SSSR count). The molecule has 1 N–H and O–H groups in total. The van der Waals surface area contributed by atoms with E-state index in [-0.39, 0.29) is 12.5 Å². The van der Waals surface area contributed by atoms with Crippen LogP contribution < -0.4 is 10.1 Å². The van der Waals surface area contributed by atoms with Gasteiger partial charge in [-0.2, -0.15) is 0 Å². The van der Waals surface area contributed by atoms with Crippen molar-refractivity contribution in [2.45, 2.75) is 20.3 Å². The third-order valence-corrected chi connectivity index (χ3v) is 3.36. The average Bonchev–Trinajstić information content (AvgIpc) is 2.60. The Balaban J connectivity index is 1.92. The number of aryl methyl sites for hydroxylation is 1. The smallest absolute Gasteiger partial charge is 0.342 e. The summed E-state index contributed by atoms with van der Waals surface area (Å²) in [6.45, 7) is 3.96. The Hall–Kier alpha value is -2.82. The highest BCUT2D eigenvalue weighted by atomic mass is 16.5. The number of hydrogen-bond donors (Lipinski definition) is 1. The van der Waals surface area contributed by atoms with Crippen LogP contribution >= 0.6 is 0 Å². The first-order valence-electron chi connectivity index (χ1n) is 7.91. The molecule has 0 aromatic heterocycles. The van der Waals surface area contributed by atoms with Crippen LogP contribution in [0.3, 0.4) is 0 Å². The summed E-state index contributed by atoms with van der Waals surface area (Å²) >= 11 is 0. The van der Waals surface area contributed by atoms with E-state index in [4.69, 9.17) is 9.47 Å². The van der Waals surface area contributed by atoms with Crippen molar-refractivity contribution in [1.29, 1.82) is 0 Å². The van der Waals surface area contributed by atoms with Gasteiger partial charge in [-0.3, -0.25) is 4.79 Å². The normalized spacial score (nSPS) is 10.1. The summed E-state index contributed by atoms with van der Waals surface area (Å²) in [5.41, 5.74) is 2.11. The summed E-state index contributed by atoms with van der Waals surface area (Å²) < 4.78 is 10.5. The molecule has 0 fully saturated rings. The van der Waals surface area contributed by atoms with Crippen LogP contribution in [0.5, 0.6) is 5.75 Å². The van der Waals surface area contributed by atoms with E-state index < -0.39 is 5.97 Å². The van der Waals surface area contributed by atoms with Crippen molar-refractivity contribution < 1.29 is 19.1 Å². The summed E-state index contributed by atoms with van der Waals surface area (Å²) in [5, 5.41) is 2.72. The van der Waals surface area contributed by atoms with Gasteiger partial charge in [-0.25, -0.2) is 4.79 Å². The molecule has 0 heterocycles. The SMILES string of the molecule is CCOc1ccccc1C(=O)OCC(=O)Nc1cccc(CC)c1. The molecule has 0 aliphatic rings. The predicted octanol–water partition coefficient (Wildman–Crippen LogP) is 3.44. The van der Waals surface area contributed by atoms with Gasteiger partial charge in [-0.05, 0) is 43.2 Å². The molecule has 2 aromatic carbocycles. The fraction of sp³-hybridized carbons (Fsp3) is 0.263. The number of amides is 1. The van der Waals surface area contributed by atoms with E-state index in [1.54, 1.807) is 30.3 Å². The van der Waals surface area contributed by atoms with E-state index in [9.17, 15) is 9.59 Å². The Labute approximate surface area is 141 Å². The fourth-order valence-corrected chi connectivity index (χ4v) is 2.19. The van der Waals surface area contributed by atoms with Crippen LogP contribution in [-0.2, 0) is 16.0 Å². The van der Waals surface area contributed by atoms with Gasteiger partial charge < -0.3 is 14.8 Å². The van der Waals surface area contributed by atoms with Crippen molar-refractivity contribution in [1.82, 2.24) is 0 Å². The molecule has 0 saturated heterocycles. The highest BCUT2D eigenvalue weighted by Crippen LogP contribution is 2.19. The first-order chi connectivity index (χ1) is 11.6. The van der Waals surface area contributed by atoms with E-state index >= 15 is 0 Å². The fourth-order valence-electron chi connectivity index (χ4n) is 2.19. The Morgan fingerprint density at radius 2 is 1.83 bits per heavy atom. The molecule has 1 amide bonds. The molecule has 5 nitrogen and oxygen atoms in total. The minimum Gasteiger partial charge on any atom is -0.493 e. The molecular formula is C19H21NO4. The van der Waals surface area contributed by atoms with Crippen molar-refractivity contribution in [3.05, 3.63) is 59.7 Å². The quantitative estimate of drug-likeness (QED) is 0.791. The molecule has 0 spiro atoms. The summed E-state index contributed by atoms with van der Waals surface area (Å²) in [4.78, 5) is 24.1. The first kappa shape index (κ1) is 17.5. The maximum Gasteiger partial charge on any atom is 0.342 e. The van der Waals surface area contributed by atoms with Crippen LogP contribution in [0.4, 0.5) is 5.69 Å². The first-order valence-corrected chi connectivity index (χ1v) is 7.91. The molecule has 126 valence electrons. The molecule has 0 bridgehead atoms. The second-order valence-corrected chi connectivity index (χ2v) is 5.11. The number of anilines is 1. The average molecular weight is 327 g/mol. The third kappa shape index (κ3) is 4.84. The summed E-state index contributed by atoms with van der Waals surface area (Å²) in [6.07, 6.45) is 0.882. The van der Waals surface area contributed by atoms with Crippen molar-refractivity contribution in [3.8, 4) is 5.75 Å². The van der Waals surface area contributed by atoms with Gasteiger partial charge in [0.1, 0.15) is 11.3 Å². The van der Waals surface area contributed by atoms with E-state index in [0.717, 1.165) is 12.0 Å². The summed E-state index contributed by atoms with van der Waals surface area (Å²) in [6, 6.07) is 14.3. The van der Waals surface area contributed by atoms with Gasteiger partial charge in [0.25, 0.3) is 5.91 Å². The third-order valence-electron chi connectivity index (χ3n) is 3.36. The zero-order valence-corrected chi connectivity index (χ0v) is 13.9. The standard InChI is InChI=1S/C19H21NO4/c1-3-14-8-7-9-15(12-14)20-18(21)13-24-19(22)16-10-5-6-11-17(16)23-4-2/h5-12H,3-4,13H2,1-2H3,(H,20,21). The zero-order chi connectivity index (χ0) is 17.4. The maximum absolute atomic E-state index is 12.1. The van der Waals surface area contributed by atoms with E-state index in [2.05, 4.69) is 5.32 Å². The predicted molar refractivity (Wildman–Crippen MR) is 92.3 cm³/mol. The van der Waals surface area contributed by atoms with Crippen molar-refractivity contribution >= 4 is 17.6 Å². The number of para-hydroxylation sites is 1. The van der Waals surface area contributed by atoms with Gasteiger partial charge in [0.05, 0.1) is 6.61 Å². The van der Waals surface area contributed by atoms with Gasteiger partial charge in [0.15, 0.2) is 6.61 Å². The number of carbonyl (C=O) groups excluding carboxylic acids is 2. The van der Waals surface area contributed by atoms with Crippen LogP contribution in [0.2, 0.25) is 0 Å². The Kier molecular flexibility index (Phi) is 6.37. The Morgan fingerprint density at radius 1 is 1.04 bits per heavy atom. The van der Waals surface area contributed by atoms with Crippen molar-refractivity contribution in [2.75, 3.05) is 18.5 Å². The molecule has 0 saturated carbocycles. The van der Waals surface area contributed by atoms with E-state index in [1.165, 1.54) is 0 Å². The molecule has 0 radical (unpaired) electrons. The van der Waals surface area contributed by atoms with Crippen molar-refractivity contribution in [3.63, 3.8) is 0 Å².